The minimum atomic E-state index is -0.380. The molecule has 0 amide bonds. The highest BCUT2D eigenvalue weighted by Crippen LogP contribution is 2.18. The Kier molecular flexibility index (Phi) is 4.34. The average molecular weight is 297 g/mol. The van der Waals surface area contributed by atoms with Gasteiger partial charge in [0.25, 0.3) is 5.69 Å². The van der Waals surface area contributed by atoms with E-state index >= 15 is 0 Å². The van der Waals surface area contributed by atoms with Crippen LogP contribution in [-0.2, 0) is 13.0 Å². The summed E-state index contributed by atoms with van der Waals surface area (Å²) in [5.41, 5.74) is 3.92. The number of nitrogens with zero attached hydrogens (tertiary/aromatic N) is 2. The fraction of sp³-hybridized carbons (Fsp3) is 0.294. The second-order valence-corrected chi connectivity index (χ2v) is 5.53. The molecule has 0 radical (unpaired) electrons. The fourth-order valence-electron chi connectivity index (χ4n) is 2.80. The molecule has 1 N–H and O–H groups in total. The van der Waals surface area contributed by atoms with Gasteiger partial charge < -0.3 is 5.32 Å². The van der Waals surface area contributed by atoms with Crippen LogP contribution in [0.25, 0.3) is 0 Å². The van der Waals surface area contributed by atoms with Gasteiger partial charge in [0, 0.05) is 44.0 Å². The van der Waals surface area contributed by atoms with Gasteiger partial charge >= 0.3 is 0 Å². The molecule has 22 heavy (non-hydrogen) atoms. The number of nitrogens with one attached hydrogen (secondary N) is 1. The zero-order valence-electron chi connectivity index (χ0n) is 12.4. The van der Waals surface area contributed by atoms with E-state index in [1.807, 2.05) is 0 Å². The molecule has 0 fully saturated rings. The monoisotopic (exact) mass is 297 g/mol. The van der Waals surface area contributed by atoms with Crippen LogP contribution in [0.5, 0.6) is 0 Å². The van der Waals surface area contributed by atoms with E-state index in [1.54, 1.807) is 12.1 Å². The number of nitro benzene ring substituents is 1. The van der Waals surface area contributed by atoms with Crippen molar-refractivity contribution in [1.82, 2.24) is 4.90 Å². The van der Waals surface area contributed by atoms with Gasteiger partial charge in [-0.25, -0.2) is 0 Å². The van der Waals surface area contributed by atoms with Crippen LogP contribution in [0, 0.1) is 10.1 Å². The molecule has 1 heterocycles. The lowest BCUT2D eigenvalue weighted by Crippen LogP contribution is -2.34. The number of fused-ring (bicyclic) bond motifs is 1. The third-order valence-corrected chi connectivity index (χ3v) is 4.04. The van der Waals surface area contributed by atoms with Crippen LogP contribution in [-0.4, -0.2) is 29.5 Å². The van der Waals surface area contributed by atoms with Gasteiger partial charge in [0.1, 0.15) is 0 Å². The first-order valence-corrected chi connectivity index (χ1v) is 7.50. The predicted octanol–water partition coefficient (Wildman–Crippen LogP) is 3.07. The molecule has 2 aromatic rings. The summed E-state index contributed by atoms with van der Waals surface area (Å²) in [5.74, 6) is 0. The van der Waals surface area contributed by atoms with Crippen LogP contribution >= 0.6 is 0 Å². The van der Waals surface area contributed by atoms with Gasteiger partial charge in [-0.3, -0.25) is 15.0 Å². The summed E-state index contributed by atoms with van der Waals surface area (Å²) < 4.78 is 0. The summed E-state index contributed by atoms with van der Waals surface area (Å²) in [6.45, 7) is 3.88. The van der Waals surface area contributed by atoms with Crippen LogP contribution in [0.3, 0.4) is 0 Å². The first-order chi connectivity index (χ1) is 10.7. The Hall–Kier alpha value is -2.40. The van der Waals surface area contributed by atoms with Crippen LogP contribution in [0.1, 0.15) is 11.1 Å². The standard InChI is InChI=1S/C17H19N3O2/c21-20(22)17-7-5-16(6-8-17)18-10-12-19-11-9-14-3-1-2-4-15(14)13-19/h1-8,18H,9-13H2. The highest BCUT2D eigenvalue weighted by atomic mass is 16.6. The van der Waals surface area contributed by atoms with E-state index in [2.05, 4.69) is 34.5 Å². The summed E-state index contributed by atoms with van der Waals surface area (Å²) in [6.07, 6.45) is 1.10. The van der Waals surface area contributed by atoms with Gasteiger partial charge in [0.2, 0.25) is 0 Å². The quantitative estimate of drug-likeness (QED) is 0.680. The third kappa shape index (κ3) is 3.43. The maximum atomic E-state index is 10.6. The van der Waals surface area contributed by atoms with E-state index in [4.69, 9.17) is 0 Å². The van der Waals surface area contributed by atoms with Gasteiger partial charge in [-0.2, -0.15) is 0 Å². The molecule has 0 atom stereocenters. The number of hydrogen-bond donors (Lipinski definition) is 1. The number of non-ortho nitro benzene ring substituents is 1. The fourth-order valence-corrected chi connectivity index (χ4v) is 2.80. The van der Waals surface area contributed by atoms with Crippen molar-refractivity contribution in [3.63, 3.8) is 0 Å². The van der Waals surface area contributed by atoms with Crippen molar-refractivity contribution in [2.24, 2.45) is 0 Å². The number of hydrogen-bond acceptors (Lipinski definition) is 4. The molecular formula is C17H19N3O2. The van der Waals surface area contributed by atoms with Crippen molar-refractivity contribution < 1.29 is 4.92 Å². The highest BCUT2D eigenvalue weighted by Gasteiger charge is 2.14. The largest absolute Gasteiger partial charge is 0.384 e. The second kappa shape index (κ2) is 6.58. The van der Waals surface area contributed by atoms with Gasteiger partial charge in [-0.1, -0.05) is 24.3 Å². The van der Waals surface area contributed by atoms with Crippen molar-refractivity contribution in [2.45, 2.75) is 13.0 Å². The van der Waals surface area contributed by atoms with Gasteiger partial charge in [-0.15, -0.1) is 0 Å². The molecular weight excluding hydrogens is 278 g/mol. The molecule has 5 nitrogen and oxygen atoms in total. The topological polar surface area (TPSA) is 58.4 Å². The van der Waals surface area contributed by atoms with E-state index in [0.29, 0.717) is 0 Å². The van der Waals surface area contributed by atoms with Crippen LogP contribution in [0.15, 0.2) is 48.5 Å². The summed E-state index contributed by atoms with van der Waals surface area (Å²) >= 11 is 0. The molecule has 2 aromatic carbocycles. The summed E-state index contributed by atoms with van der Waals surface area (Å²) in [5, 5.41) is 13.9. The SMILES string of the molecule is O=[N+]([O-])c1ccc(NCCN2CCc3ccccc3C2)cc1. The predicted molar refractivity (Wildman–Crippen MR) is 87.0 cm³/mol. The lowest BCUT2D eigenvalue weighted by molar-refractivity contribution is -0.384. The first-order valence-electron chi connectivity index (χ1n) is 7.50. The van der Waals surface area contributed by atoms with Crippen LogP contribution < -0.4 is 5.32 Å². The van der Waals surface area contributed by atoms with Gasteiger partial charge in [0.05, 0.1) is 4.92 Å². The second-order valence-electron chi connectivity index (χ2n) is 5.53. The summed E-state index contributed by atoms with van der Waals surface area (Å²) in [6, 6.07) is 15.2. The normalized spacial score (nSPS) is 14.4. The van der Waals surface area contributed by atoms with E-state index in [0.717, 1.165) is 38.3 Å². The van der Waals surface area contributed by atoms with E-state index in [-0.39, 0.29) is 10.6 Å². The number of anilines is 1. The molecule has 5 heteroatoms. The molecule has 0 aliphatic carbocycles. The van der Waals surface area contributed by atoms with Crippen molar-refractivity contribution in [3.05, 3.63) is 69.8 Å². The van der Waals surface area contributed by atoms with Crippen LogP contribution in [0.4, 0.5) is 11.4 Å². The Balaban J connectivity index is 1.49. The molecule has 114 valence electrons. The summed E-state index contributed by atoms with van der Waals surface area (Å²) in [4.78, 5) is 12.7. The average Bonchev–Trinajstić information content (AvgIpc) is 2.55. The Morgan fingerprint density at radius 3 is 2.55 bits per heavy atom. The zero-order chi connectivity index (χ0) is 15.4. The minimum Gasteiger partial charge on any atom is -0.384 e. The lowest BCUT2D eigenvalue weighted by atomic mass is 10.00. The Morgan fingerprint density at radius 1 is 1.09 bits per heavy atom. The molecule has 0 saturated carbocycles. The highest BCUT2D eigenvalue weighted by molar-refractivity contribution is 5.48. The Bertz CT molecular complexity index is 655. The molecule has 0 saturated heterocycles. The number of nitro groups is 1. The Morgan fingerprint density at radius 2 is 1.82 bits per heavy atom. The summed E-state index contributed by atoms with van der Waals surface area (Å²) in [7, 11) is 0. The molecule has 0 aromatic heterocycles. The van der Waals surface area contributed by atoms with Gasteiger partial charge in [-0.05, 0) is 29.7 Å². The maximum Gasteiger partial charge on any atom is 0.269 e. The molecule has 0 unspecified atom stereocenters. The van der Waals surface area contributed by atoms with Crippen molar-refractivity contribution in [2.75, 3.05) is 25.0 Å². The molecule has 0 bridgehead atoms. The van der Waals surface area contributed by atoms with Crippen molar-refractivity contribution in [1.29, 1.82) is 0 Å². The number of rotatable bonds is 5. The van der Waals surface area contributed by atoms with E-state index < -0.39 is 0 Å². The van der Waals surface area contributed by atoms with Gasteiger partial charge in [0.15, 0.2) is 0 Å². The van der Waals surface area contributed by atoms with Crippen molar-refractivity contribution in [3.8, 4) is 0 Å². The van der Waals surface area contributed by atoms with Crippen molar-refractivity contribution >= 4 is 11.4 Å². The zero-order valence-corrected chi connectivity index (χ0v) is 12.4. The smallest absolute Gasteiger partial charge is 0.269 e. The minimum absolute atomic E-state index is 0.123. The third-order valence-electron chi connectivity index (χ3n) is 4.04. The molecule has 3 rings (SSSR count). The molecule has 0 spiro atoms. The van der Waals surface area contributed by atoms with Crippen LogP contribution in [0.2, 0.25) is 0 Å². The Labute approximate surface area is 129 Å². The molecule has 1 aliphatic rings. The first kappa shape index (κ1) is 14.5. The lowest BCUT2D eigenvalue weighted by Gasteiger charge is -2.28. The number of benzene rings is 2. The molecule has 1 aliphatic heterocycles. The maximum absolute atomic E-state index is 10.6. The van der Waals surface area contributed by atoms with E-state index in [9.17, 15) is 10.1 Å². The van der Waals surface area contributed by atoms with E-state index in [1.165, 1.54) is 23.3 Å².